The lowest BCUT2D eigenvalue weighted by Crippen LogP contribution is -2.48. The number of hydrogen-bond acceptors (Lipinski definition) is 3. The lowest BCUT2D eigenvalue weighted by Gasteiger charge is -2.33. The average Bonchev–Trinajstić information content (AvgIpc) is 2.61. The van der Waals surface area contributed by atoms with E-state index in [1.165, 1.54) is 11.1 Å². The van der Waals surface area contributed by atoms with Crippen molar-refractivity contribution in [1.82, 2.24) is 15.5 Å². The lowest BCUT2D eigenvalue weighted by atomic mass is 10.0. The molecule has 0 unspecified atom stereocenters. The summed E-state index contributed by atoms with van der Waals surface area (Å²) in [6.07, 6.45) is 4.26. The Bertz CT molecular complexity index is 574. The number of benzene rings is 1. The van der Waals surface area contributed by atoms with Crippen molar-refractivity contribution in [2.24, 2.45) is 4.99 Å². The van der Waals surface area contributed by atoms with Crippen LogP contribution in [0.15, 0.2) is 41.4 Å². The summed E-state index contributed by atoms with van der Waals surface area (Å²) in [6, 6.07) is 7.92. The molecule has 1 aromatic carbocycles. The van der Waals surface area contributed by atoms with Gasteiger partial charge in [0, 0.05) is 38.8 Å². The van der Waals surface area contributed by atoms with E-state index in [1.807, 2.05) is 12.1 Å². The van der Waals surface area contributed by atoms with E-state index in [1.54, 1.807) is 12.1 Å². The van der Waals surface area contributed by atoms with Crippen molar-refractivity contribution >= 4 is 5.96 Å². The summed E-state index contributed by atoms with van der Waals surface area (Å²) in [5.74, 6) is 1.25. The molecule has 144 valence electrons. The Morgan fingerprint density at radius 3 is 2.58 bits per heavy atom. The Morgan fingerprint density at radius 2 is 1.96 bits per heavy atom. The molecule has 0 atom stereocenters. The highest BCUT2D eigenvalue weighted by Crippen LogP contribution is 2.12. The fourth-order valence-electron chi connectivity index (χ4n) is 3.27. The maximum absolute atomic E-state index is 9.33. The van der Waals surface area contributed by atoms with Crippen LogP contribution in [0.5, 0.6) is 5.75 Å². The average molecular weight is 359 g/mol. The molecular formula is C21H34N4O. The first-order valence-corrected chi connectivity index (χ1v) is 9.76. The van der Waals surface area contributed by atoms with Gasteiger partial charge in [0.25, 0.3) is 0 Å². The van der Waals surface area contributed by atoms with Crippen LogP contribution in [-0.4, -0.2) is 54.7 Å². The molecule has 3 N–H and O–H groups in total. The summed E-state index contributed by atoms with van der Waals surface area (Å²) in [5, 5.41) is 16.3. The summed E-state index contributed by atoms with van der Waals surface area (Å²) < 4.78 is 0. The van der Waals surface area contributed by atoms with Crippen LogP contribution in [0.4, 0.5) is 0 Å². The molecule has 26 heavy (non-hydrogen) atoms. The molecule has 0 bridgehead atoms. The second-order valence-corrected chi connectivity index (χ2v) is 7.18. The minimum Gasteiger partial charge on any atom is -0.508 e. The minimum absolute atomic E-state index is 0.319. The van der Waals surface area contributed by atoms with E-state index in [9.17, 15) is 5.11 Å². The molecule has 5 heteroatoms. The number of aryl methyl sites for hydroxylation is 1. The highest BCUT2D eigenvalue weighted by Gasteiger charge is 2.19. The molecule has 2 rings (SSSR count). The topological polar surface area (TPSA) is 59.9 Å². The van der Waals surface area contributed by atoms with Gasteiger partial charge in [0.15, 0.2) is 5.96 Å². The van der Waals surface area contributed by atoms with E-state index in [4.69, 9.17) is 4.99 Å². The van der Waals surface area contributed by atoms with Crippen LogP contribution in [-0.2, 0) is 6.42 Å². The summed E-state index contributed by atoms with van der Waals surface area (Å²) in [5.41, 5.74) is 2.47. The molecular weight excluding hydrogens is 324 g/mol. The van der Waals surface area contributed by atoms with Gasteiger partial charge < -0.3 is 15.7 Å². The highest BCUT2D eigenvalue weighted by molar-refractivity contribution is 5.80. The van der Waals surface area contributed by atoms with Gasteiger partial charge in [-0.25, -0.2) is 0 Å². The van der Waals surface area contributed by atoms with Gasteiger partial charge in [0.05, 0.1) is 0 Å². The quantitative estimate of drug-likeness (QED) is 0.289. The number of rotatable bonds is 8. The Kier molecular flexibility index (Phi) is 8.48. The third-order valence-electron chi connectivity index (χ3n) is 4.60. The summed E-state index contributed by atoms with van der Waals surface area (Å²) >= 11 is 0. The molecule has 0 saturated carbocycles. The molecule has 0 aliphatic carbocycles. The zero-order valence-electron chi connectivity index (χ0n) is 16.3. The molecule has 1 fully saturated rings. The smallest absolute Gasteiger partial charge is 0.191 e. The molecule has 5 nitrogen and oxygen atoms in total. The predicted molar refractivity (Wildman–Crippen MR) is 110 cm³/mol. The van der Waals surface area contributed by atoms with Crippen LogP contribution >= 0.6 is 0 Å². The van der Waals surface area contributed by atoms with Gasteiger partial charge in [-0.2, -0.15) is 0 Å². The van der Waals surface area contributed by atoms with Crippen molar-refractivity contribution in [2.45, 2.75) is 45.6 Å². The van der Waals surface area contributed by atoms with Crippen LogP contribution in [0.25, 0.3) is 0 Å². The first-order valence-electron chi connectivity index (χ1n) is 9.76. The highest BCUT2D eigenvalue weighted by atomic mass is 16.3. The molecule has 1 heterocycles. The van der Waals surface area contributed by atoms with Crippen molar-refractivity contribution in [3.8, 4) is 5.75 Å². The minimum atomic E-state index is 0.319. The molecule has 1 aliphatic heterocycles. The zero-order chi connectivity index (χ0) is 18.8. The molecule has 0 spiro atoms. The molecule has 1 aliphatic rings. The number of phenolic OH excluding ortho intramolecular Hbond substituents is 1. The van der Waals surface area contributed by atoms with Crippen LogP contribution < -0.4 is 10.6 Å². The second-order valence-electron chi connectivity index (χ2n) is 7.18. The maximum atomic E-state index is 9.33. The van der Waals surface area contributed by atoms with Crippen LogP contribution in [0, 0.1) is 0 Å². The van der Waals surface area contributed by atoms with E-state index in [0.717, 1.165) is 64.4 Å². The van der Waals surface area contributed by atoms with Crippen molar-refractivity contribution < 1.29 is 5.11 Å². The Balaban J connectivity index is 1.74. The number of nitrogens with zero attached hydrogens (tertiary/aromatic N) is 2. The van der Waals surface area contributed by atoms with Gasteiger partial charge in [-0.05, 0) is 57.2 Å². The summed E-state index contributed by atoms with van der Waals surface area (Å²) in [4.78, 5) is 7.20. The molecule has 0 aromatic heterocycles. The number of piperidine rings is 1. The van der Waals surface area contributed by atoms with Crippen molar-refractivity contribution in [1.29, 1.82) is 0 Å². The van der Waals surface area contributed by atoms with Gasteiger partial charge in [-0.15, -0.1) is 0 Å². The van der Waals surface area contributed by atoms with Crippen molar-refractivity contribution in [2.75, 3.05) is 32.7 Å². The Labute approximate surface area is 158 Å². The van der Waals surface area contributed by atoms with E-state index in [-0.39, 0.29) is 0 Å². The standard InChI is InChI=1S/C21H34N4O/c1-4-22-21(23-13-5-6-18-7-9-20(26)10-8-18)24-19-11-14-25(15-12-19)16-17(2)3/h7-10,19,26H,2,4-6,11-16H2,1,3H3,(H2,22,23,24). The van der Waals surface area contributed by atoms with E-state index >= 15 is 0 Å². The largest absolute Gasteiger partial charge is 0.508 e. The fourth-order valence-corrected chi connectivity index (χ4v) is 3.27. The Hall–Kier alpha value is -2.01. The summed E-state index contributed by atoms with van der Waals surface area (Å²) in [7, 11) is 0. The second kappa shape index (κ2) is 10.9. The number of guanidine groups is 1. The zero-order valence-corrected chi connectivity index (χ0v) is 16.3. The molecule has 1 saturated heterocycles. The van der Waals surface area contributed by atoms with Crippen LogP contribution in [0.2, 0.25) is 0 Å². The fraction of sp³-hybridized carbons (Fsp3) is 0.571. The molecule has 0 amide bonds. The first kappa shape index (κ1) is 20.3. The van der Waals surface area contributed by atoms with Crippen molar-refractivity contribution in [3.63, 3.8) is 0 Å². The van der Waals surface area contributed by atoms with Gasteiger partial charge >= 0.3 is 0 Å². The number of likely N-dealkylation sites (tertiary alicyclic amines) is 1. The first-order chi connectivity index (χ1) is 12.6. The van der Waals surface area contributed by atoms with E-state index in [2.05, 4.69) is 36.0 Å². The number of aromatic hydroxyl groups is 1. The lowest BCUT2D eigenvalue weighted by molar-refractivity contribution is 0.221. The van der Waals surface area contributed by atoms with E-state index in [0.29, 0.717) is 11.8 Å². The third kappa shape index (κ3) is 7.48. The van der Waals surface area contributed by atoms with Gasteiger partial charge in [-0.1, -0.05) is 24.3 Å². The Morgan fingerprint density at radius 1 is 1.27 bits per heavy atom. The monoisotopic (exact) mass is 358 g/mol. The number of nitrogens with one attached hydrogen (secondary N) is 2. The third-order valence-corrected chi connectivity index (χ3v) is 4.60. The van der Waals surface area contributed by atoms with Gasteiger partial charge in [0.1, 0.15) is 5.75 Å². The normalized spacial score (nSPS) is 16.5. The number of aliphatic imine (C=N–C) groups is 1. The van der Waals surface area contributed by atoms with Gasteiger partial charge in [0.2, 0.25) is 0 Å². The number of phenols is 1. The van der Waals surface area contributed by atoms with Gasteiger partial charge in [-0.3, -0.25) is 9.89 Å². The van der Waals surface area contributed by atoms with E-state index < -0.39 is 0 Å². The maximum Gasteiger partial charge on any atom is 0.191 e. The predicted octanol–water partition coefficient (Wildman–Crippen LogP) is 2.92. The van der Waals surface area contributed by atoms with Crippen LogP contribution in [0.3, 0.4) is 0 Å². The van der Waals surface area contributed by atoms with Crippen molar-refractivity contribution in [3.05, 3.63) is 42.0 Å². The molecule has 1 aromatic rings. The molecule has 0 radical (unpaired) electrons. The van der Waals surface area contributed by atoms with Crippen LogP contribution in [0.1, 0.15) is 38.7 Å². The number of hydrogen-bond donors (Lipinski definition) is 3. The summed E-state index contributed by atoms with van der Waals surface area (Å²) in [6.45, 7) is 13.1. The SMILES string of the molecule is C=C(C)CN1CCC(NC(=NCCCc2ccc(O)cc2)NCC)CC1.